The van der Waals surface area contributed by atoms with Gasteiger partial charge in [0.15, 0.2) is 0 Å². The van der Waals surface area contributed by atoms with Crippen LogP contribution in [-0.4, -0.2) is 32.1 Å². The number of hydrogen-bond acceptors (Lipinski definition) is 3. The van der Waals surface area contributed by atoms with Crippen molar-refractivity contribution in [3.05, 3.63) is 65.0 Å². The highest BCUT2D eigenvalue weighted by molar-refractivity contribution is 6.03. The molecule has 1 aliphatic heterocycles. The van der Waals surface area contributed by atoms with E-state index in [2.05, 4.69) is 5.32 Å². The number of amides is 2. The van der Waals surface area contributed by atoms with Crippen molar-refractivity contribution in [2.75, 3.05) is 25.2 Å². The minimum absolute atomic E-state index is 0.0538. The Balaban J connectivity index is 1.71. The zero-order valence-corrected chi connectivity index (χ0v) is 14.6. The van der Waals surface area contributed by atoms with Crippen molar-refractivity contribution >= 4 is 17.5 Å². The predicted octanol–water partition coefficient (Wildman–Crippen LogP) is 2.68. The van der Waals surface area contributed by atoms with Crippen molar-refractivity contribution in [3.8, 4) is 0 Å². The number of nitrogens with one attached hydrogen (secondary N) is 1. The molecule has 0 atom stereocenters. The van der Waals surface area contributed by atoms with Gasteiger partial charge in [-0.1, -0.05) is 12.1 Å². The maximum absolute atomic E-state index is 13.4. The Hall–Kier alpha value is -2.73. The highest BCUT2D eigenvalue weighted by atomic mass is 19.1. The van der Waals surface area contributed by atoms with E-state index in [1.165, 1.54) is 12.1 Å². The molecule has 5 nitrogen and oxygen atoms in total. The lowest BCUT2D eigenvalue weighted by atomic mass is 10.1. The van der Waals surface area contributed by atoms with Gasteiger partial charge in [-0.2, -0.15) is 0 Å². The number of nitrogens with zero attached hydrogens (tertiary/aromatic N) is 1. The molecule has 0 spiro atoms. The van der Waals surface area contributed by atoms with Crippen LogP contribution in [0, 0.1) is 5.82 Å². The summed E-state index contributed by atoms with van der Waals surface area (Å²) in [4.78, 5) is 26.2. The average molecular weight is 356 g/mol. The molecular formula is C20H21FN2O3. The number of benzene rings is 2. The summed E-state index contributed by atoms with van der Waals surface area (Å²) in [5.41, 5.74) is 2.85. The number of carbonyl (C=O) groups is 2. The molecule has 2 aromatic rings. The third-order valence-electron chi connectivity index (χ3n) is 4.32. The maximum Gasteiger partial charge on any atom is 0.251 e. The Morgan fingerprint density at radius 2 is 2.12 bits per heavy atom. The summed E-state index contributed by atoms with van der Waals surface area (Å²) in [6.07, 6.45) is 0.989. The Kier molecular flexibility index (Phi) is 5.63. The molecule has 0 aromatic heterocycles. The molecule has 0 fully saturated rings. The number of halogens is 1. The monoisotopic (exact) mass is 356 g/mol. The molecule has 0 saturated carbocycles. The maximum atomic E-state index is 13.4. The molecule has 1 aliphatic rings. The lowest BCUT2D eigenvalue weighted by Crippen LogP contribution is -2.26. The summed E-state index contributed by atoms with van der Waals surface area (Å²) in [6.45, 7) is 1.44. The van der Waals surface area contributed by atoms with E-state index in [1.54, 1.807) is 42.3 Å². The van der Waals surface area contributed by atoms with Gasteiger partial charge in [-0.15, -0.1) is 0 Å². The lowest BCUT2D eigenvalue weighted by Gasteiger charge is -2.18. The average Bonchev–Trinajstić information content (AvgIpc) is 2.93. The van der Waals surface area contributed by atoms with Crippen molar-refractivity contribution in [1.29, 1.82) is 0 Å². The van der Waals surface area contributed by atoms with Gasteiger partial charge in [-0.3, -0.25) is 9.59 Å². The molecule has 2 amide bonds. The fourth-order valence-corrected chi connectivity index (χ4v) is 3.04. The van der Waals surface area contributed by atoms with E-state index in [-0.39, 0.29) is 24.1 Å². The van der Waals surface area contributed by atoms with E-state index in [1.807, 2.05) is 0 Å². The normalized spacial score (nSPS) is 13.0. The van der Waals surface area contributed by atoms with Crippen LogP contribution in [0.1, 0.15) is 27.9 Å². The van der Waals surface area contributed by atoms with Crippen LogP contribution in [0.15, 0.2) is 42.5 Å². The summed E-state index contributed by atoms with van der Waals surface area (Å²) in [5, 5.41) is 2.83. The van der Waals surface area contributed by atoms with Gasteiger partial charge in [0, 0.05) is 31.5 Å². The second kappa shape index (κ2) is 8.10. The van der Waals surface area contributed by atoms with Crippen LogP contribution >= 0.6 is 0 Å². The first-order valence-corrected chi connectivity index (χ1v) is 8.53. The topological polar surface area (TPSA) is 58.6 Å². The van der Waals surface area contributed by atoms with Crippen molar-refractivity contribution < 1.29 is 18.7 Å². The van der Waals surface area contributed by atoms with E-state index in [4.69, 9.17) is 4.74 Å². The Labute approximate surface area is 151 Å². The third-order valence-corrected chi connectivity index (χ3v) is 4.32. The number of carbonyl (C=O) groups excluding carboxylic acids is 2. The number of fused-ring (bicyclic) bond motifs is 1. The summed E-state index contributed by atoms with van der Waals surface area (Å²) >= 11 is 0. The van der Waals surface area contributed by atoms with E-state index in [9.17, 15) is 14.0 Å². The summed E-state index contributed by atoms with van der Waals surface area (Å²) in [7, 11) is 1.62. The van der Waals surface area contributed by atoms with Gasteiger partial charge >= 0.3 is 0 Å². The molecule has 0 saturated heterocycles. The zero-order chi connectivity index (χ0) is 18.5. The van der Waals surface area contributed by atoms with E-state index < -0.39 is 0 Å². The minimum atomic E-state index is -0.324. The van der Waals surface area contributed by atoms with Gasteiger partial charge in [-0.25, -0.2) is 4.39 Å². The van der Waals surface area contributed by atoms with Crippen molar-refractivity contribution in [2.45, 2.75) is 19.4 Å². The molecular weight excluding hydrogens is 335 g/mol. The number of anilines is 1. The molecule has 0 unspecified atom stereocenters. The summed E-state index contributed by atoms with van der Waals surface area (Å²) < 4.78 is 18.3. The standard InChI is InChI=1S/C20H21FN2O3/c1-26-9-3-8-22-20(25)15-6-7-18-16(11-15)12-19(24)23(18)13-14-4-2-5-17(21)10-14/h2,4-7,10-11H,3,8-9,12-13H2,1H3,(H,22,25). The van der Waals surface area contributed by atoms with Gasteiger partial charge in [0.25, 0.3) is 5.91 Å². The van der Waals surface area contributed by atoms with Crippen LogP contribution in [0.5, 0.6) is 0 Å². The van der Waals surface area contributed by atoms with Gasteiger partial charge in [0.1, 0.15) is 5.82 Å². The van der Waals surface area contributed by atoms with Crippen LogP contribution < -0.4 is 10.2 Å². The van der Waals surface area contributed by atoms with Crippen LogP contribution in [0.25, 0.3) is 0 Å². The first-order valence-electron chi connectivity index (χ1n) is 8.53. The van der Waals surface area contributed by atoms with Crippen molar-refractivity contribution in [2.24, 2.45) is 0 Å². The van der Waals surface area contributed by atoms with Gasteiger partial charge in [-0.05, 0) is 47.9 Å². The third kappa shape index (κ3) is 4.08. The Bertz CT molecular complexity index is 822. The number of hydrogen-bond donors (Lipinski definition) is 1. The molecule has 1 N–H and O–H groups in total. The zero-order valence-electron chi connectivity index (χ0n) is 14.6. The highest BCUT2D eigenvalue weighted by Gasteiger charge is 2.28. The fourth-order valence-electron chi connectivity index (χ4n) is 3.04. The number of ether oxygens (including phenoxy) is 1. The molecule has 136 valence electrons. The predicted molar refractivity (Wildman–Crippen MR) is 96.6 cm³/mol. The largest absolute Gasteiger partial charge is 0.385 e. The SMILES string of the molecule is COCCCNC(=O)c1ccc2c(c1)CC(=O)N2Cc1cccc(F)c1. The van der Waals surface area contributed by atoms with Crippen LogP contribution in [0.4, 0.5) is 10.1 Å². The Morgan fingerprint density at radius 1 is 1.27 bits per heavy atom. The molecule has 2 aromatic carbocycles. The second-order valence-electron chi connectivity index (χ2n) is 6.23. The lowest BCUT2D eigenvalue weighted by molar-refractivity contribution is -0.117. The van der Waals surface area contributed by atoms with E-state index >= 15 is 0 Å². The Morgan fingerprint density at radius 3 is 2.88 bits per heavy atom. The number of methoxy groups -OCH3 is 1. The summed E-state index contributed by atoms with van der Waals surface area (Å²) in [5.74, 6) is -0.545. The van der Waals surface area contributed by atoms with Crippen LogP contribution in [-0.2, 0) is 22.5 Å². The van der Waals surface area contributed by atoms with Crippen LogP contribution in [0.3, 0.4) is 0 Å². The fraction of sp³-hybridized carbons (Fsp3) is 0.300. The smallest absolute Gasteiger partial charge is 0.251 e. The molecule has 0 bridgehead atoms. The highest BCUT2D eigenvalue weighted by Crippen LogP contribution is 2.31. The number of rotatable bonds is 7. The molecule has 1 heterocycles. The summed E-state index contributed by atoms with van der Waals surface area (Å²) in [6, 6.07) is 11.5. The first kappa shape index (κ1) is 18.1. The van der Waals surface area contributed by atoms with E-state index in [0.717, 1.165) is 23.2 Å². The molecule has 6 heteroatoms. The van der Waals surface area contributed by atoms with E-state index in [0.29, 0.717) is 25.3 Å². The van der Waals surface area contributed by atoms with Crippen molar-refractivity contribution in [1.82, 2.24) is 5.32 Å². The second-order valence-corrected chi connectivity index (χ2v) is 6.23. The van der Waals surface area contributed by atoms with Gasteiger partial charge in [0.05, 0.1) is 13.0 Å². The van der Waals surface area contributed by atoms with Crippen LogP contribution in [0.2, 0.25) is 0 Å². The quantitative estimate of drug-likeness (QED) is 0.776. The molecule has 26 heavy (non-hydrogen) atoms. The minimum Gasteiger partial charge on any atom is -0.385 e. The van der Waals surface area contributed by atoms with Crippen molar-refractivity contribution in [3.63, 3.8) is 0 Å². The first-order chi connectivity index (χ1) is 12.6. The van der Waals surface area contributed by atoms with Gasteiger partial charge in [0.2, 0.25) is 5.91 Å². The molecule has 0 aliphatic carbocycles. The van der Waals surface area contributed by atoms with Gasteiger partial charge < -0.3 is 15.0 Å². The molecule has 3 rings (SSSR count). The molecule has 0 radical (unpaired) electrons.